The van der Waals surface area contributed by atoms with E-state index in [-0.39, 0.29) is 18.1 Å². The van der Waals surface area contributed by atoms with Crippen LogP contribution in [-0.2, 0) is 9.53 Å². The number of amides is 1. The third-order valence-corrected chi connectivity index (χ3v) is 10.1. The molecule has 50 heavy (non-hydrogen) atoms. The Morgan fingerprint density at radius 3 is 2.30 bits per heavy atom. The van der Waals surface area contributed by atoms with E-state index in [1.165, 1.54) is 18.2 Å². The number of benzene rings is 3. The summed E-state index contributed by atoms with van der Waals surface area (Å²) >= 11 is 3.53. The number of pyridine rings is 1. The van der Waals surface area contributed by atoms with Gasteiger partial charge >= 0.3 is 12.3 Å². The lowest BCUT2D eigenvalue weighted by atomic mass is 9.55. The normalized spacial score (nSPS) is 21.8. The maximum Gasteiger partial charge on any atom is 0.573 e. The van der Waals surface area contributed by atoms with Gasteiger partial charge in [0.15, 0.2) is 11.5 Å². The Labute approximate surface area is 296 Å². The third-order valence-electron chi connectivity index (χ3n) is 9.59. The molecule has 1 aromatic heterocycles. The number of ether oxygens (including phenoxy) is 4. The van der Waals surface area contributed by atoms with Crippen LogP contribution in [0.3, 0.4) is 0 Å². The minimum Gasteiger partial charge on any atom is -0.497 e. The number of carbonyl (C=O) groups is 2. The van der Waals surface area contributed by atoms with E-state index in [0.717, 1.165) is 10.0 Å². The number of hydrogen-bond donors (Lipinski definition) is 1. The first kappa shape index (κ1) is 35.5. The van der Waals surface area contributed by atoms with Gasteiger partial charge in [0, 0.05) is 21.8 Å². The standard InChI is InChI=1S/C38H38BrF3N2O6/c1-22-31(26-20-24(39)13-14-27(26)43-32(22)23-9-8-10-25(19-23)47-5)33(45)44-37-17-15-36(16-18-37,34(46)50-35(2,3)4)21-30(37)48-28-11-6-7-12-29(28)49-38(40,41)42/h6-14,19-20,30H,15-18,21H2,1-5H3,(H,44,45). The van der Waals surface area contributed by atoms with Crippen molar-refractivity contribution in [3.63, 3.8) is 0 Å². The maximum atomic E-state index is 14.7. The number of hydrogen-bond acceptors (Lipinski definition) is 7. The number of halogens is 4. The molecule has 0 saturated heterocycles. The SMILES string of the molecule is COc1cccc(-c2nc3ccc(Br)cc3c(C(=O)NC34CCC(C(=O)OC(C)(C)C)(CC3)CC4Oc3ccccc3OC(F)(F)F)c2C)c1. The number of para-hydroxylation sites is 2. The molecule has 1 N–H and O–H groups in total. The van der Waals surface area contributed by atoms with Crippen molar-refractivity contribution in [1.29, 1.82) is 0 Å². The molecule has 12 heteroatoms. The molecule has 3 aliphatic carbocycles. The van der Waals surface area contributed by atoms with E-state index in [1.54, 1.807) is 33.9 Å². The largest absolute Gasteiger partial charge is 0.573 e. The summed E-state index contributed by atoms with van der Waals surface area (Å²) in [5.74, 6) is -0.806. The van der Waals surface area contributed by atoms with Crippen LogP contribution < -0.4 is 19.5 Å². The molecule has 3 aromatic carbocycles. The zero-order chi connectivity index (χ0) is 36.1. The van der Waals surface area contributed by atoms with Crippen LogP contribution in [-0.4, -0.2) is 47.6 Å². The molecule has 1 amide bonds. The Balaban J connectivity index is 1.42. The van der Waals surface area contributed by atoms with Crippen molar-refractivity contribution >= 4 is 38.7 Å². The molecule has 3 aliphatic rings. The van der Waals surface area contributed by atoms with Crippen LogP contribution in [0.4, 0.5) is 13.2 Å². The van der Waals surface area contributed by atoms with Gasteiger partial charge in [-0.25, -0.2) is 4.98 Å². The zero-order valence-electron chi connectivity index (χ0n) is 28.4. The van der Waals surface area contributed by atoms with E-state index >= 15 is 0 Å². The monoisotopic (exact) mass is 754 g/mol. The van der Waals surface area contributed by atoms with Crippen LogP contribution in [0, 0.1) is 12.3 Å². The van der Waals surface area contributed by atoms with Gasteiger partial charge in [-0.15, -0.1) is 13.2 Å². The van der Waals surface area contributed by atoms with Gasteiger partial charge in [-0.1, -0.05) is 40.2 Å². The average Bonchev–Trinajstić information content (AvgIpc) is 3.04. The van der Waals surface area contributed by atoms with Gasteiger partial charge in [0.2, 0.25) is 0 Å². The highest BCUT2D eigenvalue weighted by molar-refractivity contribution is 9.10. The number of carbonyl (C=O) groups excluding carboxylic acids is 2. The minimum absolute atomic E-state index is 0.124. The smallest absolute Gasteiger partial charge is 0.497 e. The summed E-state index contributed by atoms with van der Waals surface area (Å²) in [6.45, 7) is 7.20. The highest BCUT2D eigenvalue weighted by Crippen LogP contribution is 2.55. The van der Waals surface area contributed by atoms with E-state index in [4.69, 9.17) is 19.2 Å². The summed E-state index contributed by atoms with van der Waals surface area (Å²) < 4.78 is 62.9. The molecule has 0 radical (unpaired) electrons. The molecule has 3 fully saturated rings. The van der Waals surface area contributed by atoms with Gasteiger partial charge in [-0.3, -0.25) is 9.59 Å². The fourth-order valence-electron chi connectivity index (χ4n) is 7.16. The summed E-state index contributed by atoms with van der Waals surface area (Å²) in [4.78, 5) is 33.3. The molecular formula is C38H38BrF3N2O6. The van der Waals surface area contributed by atoms with Gasteiger partial charge in [-0.05, 0) is 101 Å². The molecule has 0 aliphatic heterocycles. The van der Waals surface area contributed by atoms with Crippen LogP contribution in [0.25, 0.3) is 22.2 Å². The lowest BCUT2D eigenvalue weighted by Gasteiger charge is -2.56. The molecule has 1 unspecified atom stereocenters. The summed E-state index contributed by atoms with van der Waals surface area (Å²) in [6.07, 6.45) is -4.25. The van der Waals surface area contributed by atoms with E-state index in [9.17, 15) is 22.8 Å². The van der Waals surface area contributed by atoms with Gasteiger partial charge in [0.1, 0.15) is 17.5 Å². The van der Waals surface area contributed by atoms with Gasteiger partial charge < -0.3 is 24.3 Å². The van der Waals surface area contributed by atoms with E-state index < -0.39 is 40.7 Å². The number of nitrogens with one attached hydrogen (secondary N) is 1. The molecule has 2 bridgehead atoms. The Morgan fingerprint density at radius 2 is 1.64 bits per heavy atom. The fourth-order valence-corrected chi connectivity index (χ4v) is 7.52. The first-order valence-electron chi connectivity index (χ1n) is 16.3. The lowest BCUT2D eigenvalue weighted by Crippen LogP contribution is -2.67. The molecule has 7 rings (SSSR count). The third kappa shape index (κ3) is 7.12. The quantitative estimate of drug-likeness (QED) is 0.179. The topological polar surface area (TPSA) is 96.0 Å². The van der Waals surface area contributed by atoms with Crippen LogP contribution in [0.2, 0.25) is 0 Å². The number of methoxy groups -OCH3 is 1. The summed E-state index contributed by atoms with van der Waals surface area (Å²) in [7, 11) is 1.58. The summed E-state index contributed by atoms with van der Waals surface area (Å²) in [5.41, 5.74) is 0.282. The molecule has 264 valence electrons. The number of aromatic nitrogens is 1. The fraction of sp³-hybridized carbons (Fsp3) is 0.395. The van der Waals surface area contributed by atoms with Crippen molar-refractivity contribution in [2.75, 3.05) is 7.11 Å². The van der Waals surface area contributed by atoms with Gasteiger partial charge in [0.05, 0.1) is 34.8 Å². The number of nitrogens with zero attached hydrogens (tertiary/aromatic N) is 1. The van der Waals surface area contributed by atoms with Crippen molar-refractivity contribution in [2.45, 2.75) is 83.4 Å². The first-order valence-corrected chi connectivity index (χ1v) is 17.1. The van der Waals surface area contributed by atoms with Crippen molar-refractivity contribution in [2.24, 2.45) is 5.41 Å². The Morgan fingerprint density at radius 1 is 0.940 bits per heavy atom. The molecule has 3 saturated carbocycles. The van der Waals surface area contributed by atoms with Crippen molar-refractivity contribution < 1.29 is 41.7 Å². The Bertz CT molecular complexity index is 1950. The van der Waals surface area contributed by atoms with E-state index in [0.29, 0.717) is 59.2 Å². The van der Waals surface area contributed by atoms with Crippen molar-refractivity contribution in [3.8, 4) is 28.5 Å². The van der Waals surface area contributed by atoms with E-state index in [2.05, 4.69) is 26.0 Å². The van der Waals surface area contributed by atoms with Crippen molar-refractivity contribution in [3.05, 3.63) is 82.3 Å². The second-order valence-electron chi connectivity index (χ2n) is 14.1. The van der Waals surface area contributed by atoms with Gasteiger partial charge in [-0.2, -0.15) is 0 Å². The molecule has 0 spiro atoms. The minimum atomic E-state index is -4.96. The Kier molecular flexibility index (Phi) is 9.30. The predicted molar refractivity (Wildman–Crippen MR) is 185 cm³/mol. The zero-order valence-corrected chi connectivity index (χ0v) is 30.0. The van der Waals surface area contributed by atoms with Gasteiger partial charge in [0.25, 0.3) is 5.91 Å². The second kappa shape index (κ2) is 13.1. The lowest BCUT2D eigenvalue weighted by molar-refractivity contribution is -0.275. The summed E-state index contributed by atoms with van der Waals surface area (Å²) in [6, 6.07) is 18.4. The number of fused-ring (bicyclic) bond motifs is 4. The highest BCUT2D eigenvalue weighted by atomic mass is 79.9. The van der Waals surface area contributed by atoms with Crippen LogP contribution in [0.5, 0.6) is 17.2 Å². The first-order chi connectivity index (χ1) is 23.5. The molecule has 8 nitrogen and oxygen atoms in total. The second-order valence-corrected chi connectivity index (χ2v) is 15.0. The maximum absolute atomic E-state index is 14.7. The molecule has 4 aromatic rings. The summed E-state index contributed by atoms with van der Waals surface area (Å²) in [5, 5.41) is 3.90. The molecule has 1 atom stereocenters. The van der Waals surface area contributed by atoms with Crippen LogP contribution in [0.1, 0.15) is 68.8 Å². The number of esters is 1. The van der Waals surface area contributed by atoms with Crippen molar-refractivity contribution in [1.82, 2.24) is 10.3 Å². The van der Waals surface area contributed by atoms with Crippen LogP contribution >= 0.6 is 15.9 Å². The molecular weight excluding hydrogens is 717 g/mol. The predicted octanol–water partition coefficient (Wildman–Crippen LogP) is 9.10. The Hall–Kier alpha value is -4.32. The van der Waals surface area contributed by atoms with Crippen LogP contribution in [0.15, 0.2) is 71.2 Å². The average molecular weight is 756 g/mol. The molecule has 1 heterocycles. The van der Waals surface area contributed by atoms with E-state index in [1.807, 2.05) is 49.4 Å². The highest BCUT2D eigenvalue weighted by Gasteiger charge is 2.60. The number of rotatable bonds is 8. The number of alkyl halides is 3.